The lowest BCUT2D eigenvalue weighted by molar-refractivity contribution is 0.417. The van der Waals surface area contributed by atoms with Gasteiger partial charge in [0.05, 0.1) is 12.2 Å². The standard InChI is InChI=1S/C15H21FN4/c1-19(2)14-5-3-13(4-6-14)11-17-12-15-7-9-18-20(15)10-8-16/h3-7,9,17H,8,10-12H2,1-2H3. The van der Waals surface area contributed by atoms with Crippen molar-refractivity contribution in [1.29, 1.82) is 0 Å². The van der Waals surface area contributed by atoms with Crippen molar-refractivity contribution in [2.75, 3.05) is 25.7 Å². The highest BCUT2D eigenvalue weighted by Crippen LogP contribution is 2.12. The Kier molecular flexibility index (Phi) is 5.12. The van der Waals surface area contributed by atoms with E-state index < -0.39 is 0 Å². The van der Waals surface area contributed by atoms with Gasteiger partial charge in [-0.05, 0) is 23.8 Å². The lowest BCUT2D eigenvalue weighted by atomic mass is 10.2. The number of benzene rings is 1. The van der Waals surface area contributed by atoms with E-state index in [1.807, 2.05) is 20.2 Å². The molecular formula is C15H21FN4. The van der Waals surface area contributed by atoms with E-state index in [1.54, 1.807) is 10.9 Å². The Hall–Kier alpha value is -1.88. The van der Waals surface area contributed by atoms with Crippen LogP contribution in [0.2, 0.25) is 0 Å². The summed E-state index contributed by atoms with van der Waals surface area (Å²) in [5.74, 6) is 0. The Balaban J connectivity index is 1.84. The molecule has 108 valence electrons. The van der Waals surface area contributed by atoms with Crippen molar-refractivity contribution in [1.82, 2.24) is 15.1 Å². The van der Waals surface area contributed by atoms with Crippen molar-refractivity contribution < 1.29 is 4.39 Å². The molecule has 5 heteroatoms. The van der Waals surface area contributed by atoms with Crippen molar-refractivity contribution in [2.45, 2.75) is 19.6 Å². The quantitative estimate of drug-likeness (QED) is 0.841. The molecule has 0 unspecified atom stereocenters. The monoisotopic (exact) mass is 276 g/mol. The third kappa shape index (κ3) is 3.81. The second kappa shape index (κ2) is 7.05. The fourth-order valence-electron chi connectivity index (χ4n) is 2.04. The summed E-state index contributed by atoms with van der Waals surface area (Å²) in [6, 6.07) is 10.3. The first-order valence-electron chi connectivity index (χ1n) is 6.74. The van der Waals surface area contributed by atoms with Crippen LogP contribution in [0.5, 0.6) is 0 Å². The molecule has 2 aromatic rings. The van der Waals surface area contributed by atoms with Gasteiger partial charge in [0.2, 0.25) is 0 Å². The zero-order valence-corrected chi connectivity index (χ0v) is 12.0. The van der Waals surface area contributed by atoms with Gasteiger partial charge in [0.1, 0.15) is 6.67 Å². The highest BCUT2D eigenvalue weighted by molar-refractivity contribution is 5.45. The number of alkyl halides is 1. The maximum atomic E-state index is 12.3. The zero-order valence-electron chi connectivity index (χ0n) is 12.0. The second-order valence-corrected chi connectivity index (χ2v) is 4.90. The lowest BCUT2D eigenvalue weighted by Gasteiger charge is -2.13. The van der Waals surface area contributed by atoms with E-state index in [0.717, 1.165) is 12.2 Å². The second-order valence-electron chi connectivity index (χ2n) is 4.90. The minimum absolute atomic E-state index is 0.321. The van der Waals surface area contributed by atoms with Crippen LogP contribution in [0.1, 0.15) is 11.3 Å². The Morgan fingerprint density at radius 1 is 1.15 bits per heavy atom. The summed E-state index contributed by atoms with van der Waals surface area (Å²) in [6.45, 7) is 1.41. The average Bonchev–Trinajstić information content (AvgIpc) is 2.87. The average molecular weight is 276 g/mol. The molecule has 2 rings (SSSR count). The number of nitrogens with one attached hydrogen (secondary N) is 1. The van der Waals surface area contributed by atoms with Gasteiger partial charge in [0.25, 0.3) is 0 Å². The molecule has 0 saturated heterocycles. The molecule has 0 fully saturated rings. The van der Waals surface area contributed by atoms with Crippen LogP contribution in [0, 0.1) is 0 Å². The molecule has 0 atom stereocenters. The van der Waals surface area contributed by atoms with Crippen LogP contribution < -0.4 is 10.2 Å². The Morgan fingerprint density at radius 2 is 1.90 bits per heavy atom. The highest BCUT2D eigenvalue weighted by atomic mass is 19.1. The van der Waals surface area contributed by atoms with E-state index in [2.05, 4.69) is 39.6 Å². The SMILES string of the molecule is CN(C)c1ccc(CNCc2ccnn2CCF)cc1. The first kappa shape index (κ1) is 14.5. The maximum Gasteiger partial charge on any atom is 0.109 e. The lowest BCUT2D eigenvalue weighted by Crippen LogP contribution is -2.17. The Bertz CT molecular complexity index is 519. The van der Waals surface area contributed by atoms with Crippen molar-refractivity contribution in [3.63, 3.8) is 0 Å². The van der Waals surface area contributed by atoms with Crippen LogP contribution in [0.4, 0.5) is 10.1 Å². The molecule has 0 aliphatic rings. The summed E-state index contributed by atoms with van der Waals surface area (Å²) in [5, 5.41) is 7.45. The highest BCUT2D eigenvalue weighted by Gasteiger charge is 2.02. The van der Waals surface area contributed by atoms with Gasteiger partial charge >= 0.3 is 0 Å². The predicted molar refractivity (Wildman–Crippen MR) is 79.5 cm³/mol. The van der Waals surface area contributed by atoms with E-state index in [1.165, 1.54) is 11.3 Å². The van der Waals surface area contributed by atoms with Crippen LogP contribution in [0.3, 0.4) is 0 Å². The van der Waals surface area contributed by atoms with E-state index in [4.69, 9.17) is 0 Å². The number of halogens is 1. The molecule has 20 heavy (non-hydrogen) atoms. The van der Waals surface area contributed by atoms with Crippen molar-refractivity contribution >= 4 is 5.69 Å². The van der Waals surface area contributed by atoms with Crippen LogP contribution in [0.25, 0.3) is 0 Å². The summed E-state index contributed by atoms with van der Waals surface area (Å²) < 4.78 is 14.0. The van der Waals surface area contributed by atoms with Crippen LogP contribution >= 0.6 is 0 Å². The molecule has 0 aliphatic heterocycles. The number of nitrogens with zero attached hydrogens (tertiary/aromatic N) is 3. The molecule has 0 radical (unpaired) electrons. The number of aromatic nitrogens is 2. The van der Waals surface area contributed by atoms with Gasteiger partial charge in [-0.25, -0.2) is 4.39 Å². The first-order valence-corrected chi connectivity index (χ1v) is 6.74. The number of hydrogen-bond acceptors (Lipinski definition) is 3. The largest absolute Gasteiger partial charge is 0.378 e. The molecular weight excluding hydrogens is 255 g/mol. The van der Waals surface area contributed by atoms with Crippen LogP contribution in [-0.4, -0.2) is 30.6 Å². The molecule has 4 nitrogen and oxygen atoms in total. The summed E-state index contributed by atoms with van der Waals surface area (Å²) >= 11 is 0. The van der Waals surface area contributed by atoms with E-state index in [9.17, 15) is 4.39 Å². The normalized spacial score (nSPS) is 10.8. The smallest absolute Gasteiger partial charge is 0.109 e. The minimum Gasteiger partial charge on any atom is -0.378 e. The molecule has 1 heterocycles. The van der Waals surface area contributed by atoms with E-state index in [-0.39, 0.29) is 6.67 Å². The van der Waals surface area contributed by atoms with Gasteiger partial charge in [-0.2, -0.15) is 5.10 Å². The topological polar surface area (TPSA) is 33.1 Å². The Morgan fingerprint density at radius 3 is 2.55 bits per heavy atom. The van der Waals surface area contributed by atoms with Gasteiger partial charge in [0.15, 0.2) is 0 Å². The third-order valence-corrected chi connectivity index (χ3v) is 3.19. The van der Waals surface area contributed by atoms with Crippen LogP contribution in [-0.2, 0) is 19.6 Å². The molecule has 1 aromatic carbocycles. The third-order valence-electron chi connectivity index (χ3n) is 3.19. The molecule has 0 spiro atoms. The maximum absolute atomic E-state index is 12.3. The van der Waals surface area contributed by atoms with E-state index in [0.29, 0.717) is 13.1 Å². The number of rotatable bonds is 7. The van der Waals surface area contributed by atoms with E-state index >= 15 is 0 Å². The first-order chi connectivity index (χ1) is 9.70. The van der Waals surface area contributed by atoms with Crippen molar-refractivity contribution in [3.8, 4) is 0 Å². The summed E-state index contributed by atoms with van der Waals surface area (Å²) in [6.07, 6.45) is 1.71. The molecule has 1 aromatic heterocycles. The summed E-state index contributed by atoms with van der Waals surface area (Å²) in [7, 11) is 4.05. The number of hydrogen-bond donors (Lipinski definition) is 1. The zero-order chi connectivity index (χ0) is 14.4. The van der Waals surface area contributed by atoms with Crippen LogP contribution in [0.15, 0.2) is 36.5 Å². The number of anilines is 1. The molecule has 1 N–H and O–H groups in total. The van der Waals surface area contributed by atoms with Gasteiger partial charge in [-0.1, -0.05) is 12.1 Å². The molecule has 0 saturated carbocycles. The predicted octanol–water partition coefficient (Wildman–Crippen LogP) is 2.21. The molecule has 0 aliphatic carbocycles. The fourth-order valence-corrected chi connectivity index (χ4v) is 2.04. The summed E-state index contributed by atoms with van der Waals surface area (Å²) in [4.78, 5) is 2.08. The van der Waals surface area contributed by atoms with Crippen molar-refractivity contribution in [2.24, 2.45) is 0 Å². The molecule has 0 amide bonds. The Labute approximate surface area is 119 Å². The van der Waals surface area contributed by atoms with Crippen molar-refractivity contribution in [3.05, 3.63) is 47.8 Å². The summed E-state index contributed by atoms with van der Waals surface area (Å²) in [5.41, 5.74) is 3.43. The number of aryl methyl sites for hydroxylation is 1. The van der Waals surface area contributed by atoms with Gasteiger partial charge in [0, 0.05) is 39.1 Å². The minimum atomic E-state index is -0.388. The van der Waals surface area contributed by atoms with Gasteiger partial charge in [-0.3, -0.25) is 4.68 Å². The van der Waals surface area contributed by atoms with Gasteiger partial charge < -0.3 is 10.2 Å². The molecule has 0 bridgehead atoms. The fraction of sp³-hybridized carbons (Fsp3) is 0.400. The van der Waals surface area contributed by atoms with Gasteiger partial charge in [-0.15, -0.1) is 0 Å².